The van der Waals surface area contributed by atoms with Gasteiger partial charge in [-0.25, -0.2) is 19.3 Å². The summed E-state index contributed by atoms with van der Waals surface area (Å²) in [6.07, 6.45) is 2.87. The summed E-state index contributed by atoms with van der Waals surface area (Å²) in [5, 5.41) is 10.7. The summed E-state index contributed by atoms with van der Waals surface area (Å²) in [5.41, 5.74) is 10.6. The Labute approximate surface area is 214 Å². The lowest BCUT2D eigenvalue weighted by Crippen LogP contribution is -2.39. The summed E-state index contributed by atoms with van der Waals surface area (Å²) in [5.74, 6) is -0.978. The van der Waals surface area contributed by atoms with Crippen molar-refractivity contribution in [3.8, 4) is 21.7 Å². The van der Waals surface area contributed by atoms with E-state index in [-0.39, 0.29) is 29.1 Å². The van der Waals surface area contributed by atoms with Crippen LogP contribution >= 0.6 is 11.3 Å². The number of pyridine rings is 1. The summed E-state index contributed by atoms with van der Waals surface area (Å²) in [4.78, 5) is 28.6. The highest BCUT2D eigenvalue weighted by molar-refractivity contribution is 7.22. The molecule has 4 heterocycles. The van der Waals surface area contributed by atoms with Crippen LogP contribution < -0.4 is 10.6 Å². The van der Waals surface area contributed by atoms with Gasteiger partial charge >= 0.3 is 0 Å². The lowest BCUT2D eigenvalue weighted by atomic mass is 9.99. The van der Waals surface area contributed by atoms with Crippen LogP contribution in [-0.2, 0) is 4.79 Å². The fourth-order valence-electron chi connectivity index (χ4n) is 4.36. The van der Waals surface area contributed by atoms with E-state index in [1.165, 1.54) is 17.5 Å². The van der Waals surface area contributed by atoms with Crippen LogP contribution in [-0.4, -0.2) is 58.5 Å². The van der Waals surface area contributed by atoms with E-state index < -0.39 is 11.8 Å². The zero-order valence-corrected chi connectivity index (χ0v) is 20.5. The molecule has 0 radical (unpaired) electrons. The zero-order valence-electron chi connectivity index (χ0n) is 19.7. The molecule has 4 aromatic rings. The number of nitrogens with zero attached hydrogens (tertiary/aromatic N) is 7. The van der Waals surface area contributed by atoms with Crippen molar-refractivity contribution in [3.05, 3.63) is 64.4 Å². The average Bonchev–Trinajstić information content (AvgIpc) is 3.54. The Bertz CT molecular complexity index is 1540. The van der Waals surface area contributed by atoms with Crippen molar-refractivity contribution < 1.29 is 13.6 Å². The average molecular weight is 522 g/mol. The Morgan fingerprint density at radius 2 is 2.22 bits per heavy atom. The normalized spacial score (nSPS) is 15.6. The molecule has 1 aliphatic heterocycles. The maximum atomic E-state index is 14.8. The predicted octanol–water partition coefficient (Wildman–Crippen LogP) is 4.79. The molecule has 0 bridgehead atoms. The maximum Gasteiger partial charge on any atom is 0.223 e. The minimum Gasteiger partial charge on any atom is -0.353 e. The second kappa shape index (κ2) is 10.5. The fourth-order valence-corrected chi connectivity index (χ4v) is 5.53. The van der Waals surface area contributed by atoms with Crippen LogP contribution in [0, 0.1) is 18.7 Å². The second-order valence-electron chi connectivity index (χ2n) is 8.35. The van der Waals surface area contributed by atoms with Crippen molar-refractivity contribution in [2.45, 2.75) is 13.1 Å². The predicted molar refractivity (Wildman–Crippen MR) is 137 cm³/mol. The number of carbonyl (C=O) groups is 1. The van der Waals surface area contributed by atoms with Gasteiger partial charge < -0.3 is 10.1 Å². The largest absolute Gasteiger partial charge is 0.353 e. The van der Waals surface area contributed by atoms with Gasteiger partial charge in [0, 0.05) is 58.7 Å². The molecule has 1 fully saturated rings. The van der Waals surface area contributed by atoms with Gasteiger partial charge in [-0.05, 0) is 23.9 Å². The van der Waals surface area contributed by atoms with Crippen molar-refractivity contribution in [2.24, 2.45) is 5.11 Å². The highest BCUT2D eigenvalue weighted by Crippen LogP contribution is 2.43. The molecule has 13 heteroatoms. The van der Waals surface area contributed by atoms with E-state index in [4.69, 9.17) is 5.53 Å². The number of aldehydes is 1. The summed E-state index contributed by atoms with van der Waals surface area (Å²) >= 11 is 1.29. The number of hydrogen-bond acceptors (Lipinski definition) is 9. The van der Waals surface area contributed by atoms with Crippen LogP contribution in [0.15, 0.2) is 41.8 Å². The van der Waals surface area contributed by atoms with Crippen molar-refractivity contribution in [1.82, 2.24) is 25.2 Å². The van der Waals surface area contributed by atoms with Crippen LogP contribution in [0.4, 0.5) is 20.4 Å². The lowest BCUT2D eigenvalue weighted by Gasteiger charge is -2.19. The summed E-state index contributed by atoms with van der Waals surface area (Å²) in [6.45, 7) is 4.13. The van der Waals surface area contributed by atoms with Crippen molar-refractivity contribution in [1.29, 1.82) is 0 Å². The third-order valence-corrected chi connectivity index (χ3v) is 7.33. The van der Waals surface area contributed by atoms with E-state index in [0.717, 1.165) is 35.7 Å². The Morgan fingerprint density at radius 3 is 3.03 bits per heavy atom. The quantitative estimate of drug-likeness (QED) is 0.112. The first-order valence-corrected chi connectivity index (χ1v) is 12.2. The molecule has 1 aliphatic rings. The molecule has 5 rings (SSSR count). The third kappa shape index (κ3) is 4.85. The van der Waals surface area contributed by atoms with Crippen molar-refractivity contribution >= 4 is 39.3 Å². The fraction of sp³-hybridized carbons (Fsp3) is 0.250. The Hall–Kier alpha value is -4.03. The molecule has 3 aromatic heterocycles. The van der Waals surface area contributed by atoms with Crippen LogP contribution in [0.1, 0.15) is 5.56 Å². The van der Waals surface area contributed by atoms with Gasteiger partial charge in [-0.1, -0.05) is 23.3 Å². The van der Waals surface area contributed by atoms with Gasteiger partial charge in [0.15, 0.2) is 12.1 Å². The molecule has 0 spiro atoms. The number of aromatic nitrogens is 3. The molecule has 1 unspecified atom stereocenters. The number of thiophene rings is 1. The first-order chi connectivity index (χ1) is 18.0. The van der Waals surface area contributed by atoms with Gasteiger partial charge in [-0.3, -0.25) is 10.2 Å². The SMILES string of the molecule is Cc1c(F)ncc(N=[N+]=[N-])c1-c1cccc2cc(-c3nc(NCCN4CCNC4C=O)ncc3F)sc12. The van der Waals surface area contributed by atoms with Crippen molar-refractivity contribution in [3.63, 3.8) is 0 Å². The molecule has 0 aliphatic carbocycles. The van der Waals surface area contributed by atoms with Gasteiger partial charge in [-0.15, -0.1) is 11.3 Å². The van der Waals surface area contributed by atoms with Gasteiger partial charge in [0.1, 0.15) is 11.9 Å². The van der Waals surface area contributed by atoms with Crippen LogP contribution in [0.25, 0.3) is 42.2 Å². The van der Waals surface area contributed by atoms with E-state index in [0.29, 0.717) is 29.1 Å². The summed E-state index contributed by atoms with van der Waals surface area (Å²) in [6, 6.07) is 7.27. The molecule has 1 aromatic carbocycles. The van der Waals surface area contributed by atoms with Gasteiger partial charge in [0.2, 0.25) is 11.9 Å². The number of carbonyl (C=O) groups excluding carboxylic acids is 1. The number of halogens is 2. The number of anilines is 1. The second-order valence-corrected chi connectivity index (χ2v) is 9.40. The number of hydrogen-bond donors (Lipinski definition) is 2. The zero-order chi connectivity index (χ0) is 25.9. The van der Waals surface area contributed by atoms with Gasteiger partial charge in [0.25, 0.3) is 0 Å². The number of fused-ring (bicyclic) bond motifs is 1. The minimum atomic E-state index is -0.664. The van der Waals surface area contributed by atoms with E-state index in [1.807, 2.05) is 17.0 Å². The Balaban J connectivity index is 1.48. The molecule has 0 saturated carbocycles. The maximum absolute atomic E-state index is 14.8. The number of rotatable bonds is 8. The minimum absolute atomic E-state index is 0.131. The molecule has 2 N–H and O–H groups in total. The molecule has 1 saturated heterocycles. The van der Waals surface area contributed by atoms with E-state index in [2.05, 4.69) is 35.6 Å². The molecule has 1 atom stereocenters. The van der Waals surface area contributed by atoms with Crippen LogP contribution in [0.2, 0.25) is 0 Å². The van der Waals surface area contributed by atoms with Crippen LogP contribution in [0.3, 0.4) is 0 Å². The van der Waals surface area contributed by atoms with Gasteiger partial charge in [0.05, 0.1) is 16.8 Å². The Kier molecular flexibility index (Phi) is 7.01. The molecular weight excluding hydrogens is 500 g/mol. The molecule has 37 heavy (non-hydrogen) atoms. The highest BCUT2D eigenvalue weighted by atomic mass is 32.1. The molecule has 0 amide bonds. The van der Waals surface area contributed by atoms with Crippen LogP contribution in [0.5, 0.6) is 0 Å². The number of nitrogens with one attached hydrogen (secondary N) is 2. The number of benzene rings is 1. The molecule has 10 nitrogen and oxygen atoms in total. The molecule has 188 valence electrons. The van der Waals surface area contributed by atoms with E-state index in [1.54, 1.807) is 19.1 Å². The third-order valence-electron chi connectivity index (χ3n) is 6.14. The molecular formula is C24H21F2N9OS. The topological polar surface area (TPSA) is 132 Å². The first-order valence-electron chi connectivity index (χ1n) is 11.4. The van der Waals surface area contributed by atoms with Gasteiger partial charge in [-0.2, -0.15) is 4.39 Å². The lowest BCUT2D eigenvalue weighted by molar-refractivity contribution is -0.112. The van der Waals surface area contributed by atoms with E-state index >= 15 is 0 Å². The summed E-state index contributed by atoms with van der Waals surface area (Å²) in [7, 11) is 0. The monoisotopic (exact) mass is 521 g/mol. The standard InChI is InChI=1S/C24H21F2N9OS/c1-13-20(17(33-34-27)11-30-23(13)26)15-4-2-3-14-9-18(37-22(14)15)21-16(25)10-31-24(32-21)29-6-8-35-7-5-28-19(35)12-36/h2-4,9-12,19,28H,5-8H2,1H3,(H,29,31,32). The smallest absolute Gasteiger partial charge is 0.223 e. The first kappa shape index (κ1) is 24.7. The number of azide groups is 1. The Morgan fingerprint density at radius 1 is 1.35 bits per heavy atom. The summed E-state index contributed by atoms with van der Waals surface area (Å²) < 4.78 is 30.0. The highest BCUT2D eigenvalue weighted by Gasteiger charge is 2.23. The van der Waals surface area contributed by atoms with E-state index in [9.17, 15) is 13.6 Å². The van der Waals surface area contributed by atoms with Crippen molar-refractivity contribution in [2.75, 3.05) is 31.5 Å².